The van der Waals surface area contributed by atoms with Gasteiger partial charge in [0.15, 0.2) is 0 Å². The first-order valence-corrected chi connectivity index (χ1v) is 8.27. The number of hydrogen-bond donors (Lipinski definition) is 1. The summed E-state index contributed by atoms with van der Waals surface area (Å²) in [6.07, 6.45) is 7.11. The highest BCUT2D eigenvalue weighted by molar-refractivity contribution is 7.18. The molecule has 112 valence electrons. The highest BCUT2D eigenvalue weighted by Gasteiger charge is 2.20. The molecule has 1 heterocycles. The average molecular weight is 305 g/mol. The molecule has 1 aliphatic carbocycles. The van der Waals surface area contributed by atoms with Gasteiger partial charge >= 0.3 is 0 Å². The number of aromatic nitrogens is 1. The quantitative estimate of drug-likeness (QED) is 0.509. The van der Waals surface area contributed by atoms with E-state index < -0.39 is 0 Å². The molecule has 1 fully saturated rings. The number of fused-ring (bicyclic) bond motifs is 1. The molecule has 1 aromatic carbocycles. The normalized spacial score (nSPS) is 16.8. The molecular formula is C15H19N3O2S. The van der Waals surface area contributed by atoms with Gasteiger partial charge in [-0.05, 0) is 25.8 Å². The minimum absolute atomic E-state index is 0.162. The third-order valence-corrected chi connectivity index (χ3v) is 4.96. The van der Waals surface area contributed by atoms with E-state index in [1.54, 1.807) is 6.07 Å². The summed E-state index contributed by atoms with van der Waals surface area (Å²) in [5.74, 6) is 0. The second-order valence-electron chi connectivity index (χ2n) is 5.66. The summed E-state index contributed by atoms with van der Waals surface area (Å²) in [6, 6.07) is 3.82. The Labute approximate surface area is 127 Å². The molecular weight excluding hydrogens is 286 g/mol. The molecule has 1 N–H and O–H groups in total. The van der Waals surface area contributed by atoms with E-state index in [2.05, 4.69) is 10.3 Å². The lowest BCUT2D eigenvalue weighted by atomic mass is 10.1. The number of benzene rings is 1. The first-order valence-electron chi connectivity index (χ1n) is 7.45. The van der Waals surface area contributed by atoms with Gasteiger partial charge < -0.3 is 5.32 Å². The SMILES string of the molecule is Cc1nc2cc(NC3CCCCCC3)c([N+](=O)[O-])cc2s1. The molecule has 0 aliphatic heterocycles. The van der Waals surface area contributed by atoms with Crippen molar-refractivity contribution in [2.24, 2.45) is 0 Å². The van der Waals surface area contributed by atoms with Crippen LogP contribution >= 0.6 is 11.3 Å². The van der Waals surface area contributed by atoms with Crippen LogP contribution in [0.15, 0.2) is 12.1 Å². The molecule has 0 bridgehead atoms. The number of nitrogens with one attached hydrogen (secondary N) is 1. The predicted molar refractivity (Wildman–Crippen MR) is 86.1 cm³/mol. The highest BCUT2D eigenvalue weighted by atomic mass is 32.1. The fraction of sp³-hybridized carbons (Fsp3) is 0.533. The van der Waals surface area contributed by atoms with Crippen LogP contribution in [0.5, 0.6) is 0 Å². The van der Waals surface area contributed by atoms with Crippen molar-refractivity contribution in [3.05, 3.63) is 27.3 Å². The van der Waals surface area contributed by atoms with Crippen molar-refractivity contribution in [2.45, 2.75) is 51.5 Å². The fourth-order valence-electron chi connectivity index (χ4n) is 2.99. The summed E-state index contributed by atoms with van der Waals surface area (Å²) < 4.78 is 0.880. The Hall–Kier alpha value is -1.69. The zero-order chi connectivity index (χ0) is 14.8. The van der Waals surface area contributed by atoms with Crippen LogP contribution in [0.25, 0.3) is 10.2 Å². The van der Waals surface area contributed by atoms with Gasteiger partial charge in [0.25, 0.3) is 5.69 Å². The maximum absolute atomic E-state index is 11.3. The molecule has 1 saturated carbocycles. The number of hydrogen-bond acceptors (Lipinski definition) is 5. The van der Waals surface area contributed by atoms with E-state index in [4.69, 9.17) is 0 Å². The average Bonchev–Trinajstić information content (AvgIpc) is 2.62. The number of thiazole rings is 1. The van der Waals surface area contributed by atoms with Crippen LogP contribution in [-0.4, -0.2) is 15.9 Å². The minimum Gasteiger partial charge on any atom is -0.377 e. The number of anilines is 1. The Balaban J connectivity index is 1.94. The van der Waals surface area contributed by atoms with E-state index in [1.807, 2.05) is 13.0 Å². The van der Waals surface area contributed by atoms with Crippen molar-refractivity contribution < 1.29 is 4.92 Å². The third kappa shape index (κ3) is 3.15. The van der Waals surface area contributed by atoms with Gasteiger partial charge in [0.2, 0.25) is 0 Å². The molecule has 2 aromatic rings. The molecule has 0 spiro atoms. The van der Waals surface area contributed by atoms with Gasteiger partial charge in [-0.1, -0.05) is 25.7 Å². The Morgan fingerprint density at radius 2 is 2.00 bits per heavy atom. The van der Waals surface area contributed by atoms with Crippen molar-refractivity contribution in [3.63, 3.8) is 0 Å². The van der Waals surface area contributed by atoms with Gasteiger partial charge in [-0.2, -0.15) is 0 Å². The van der Waals surface area contributed by atoms with Gasteiger partial charge in [-0.25, -0.2) is 4.98 Å². The summed E-state index contributed by atoms with van der Waals surface area (Å²) in [5.41, 5.74) is 1.62. The van der Waals surface area contributed by atoms with E-state index in [0.29, 0.717) is 11.7 Å². The lowest BCUT2D eigenvalue weighted by Gasteiger charge is -2.17. The molecule has 0 saturated heterocycles. The Morgan fingerprint density at radius 3 is 2.67 bits per heavy atom. The zero-order valence-corrected chi connectivity index (χ0v) is 12.9. The largest absolute Gasteiger partial charge is 0.377 e. The van der Waals surface area contributed by atoms with Crippen LogP contribution in [0.2, 0.25) is 0 Å². The van der Waals surface area contributed by atoms with E-state index >= 15 is 0 Å². The number of aryl methyl sites for hydroxylation is 1. The van der Waals surface area contributed by atoms with Gasteiger partial charge in [-0.3, -0.25) is 10.1 Å². The molecule has 3 rings (SSSR count). The number of nitro groups is 1. The lowest BCUT2D eigenvalue weighted by molar-refractivity contribution is -0.383. The molecule has 0 radical (unpaired) electrons. The fourth-order valence-corrected chi connectivity index (χ4v) is 3.83. The third-order valence-electron chi connectivity index (χ3n) is 4.02. The van der Waals surface area contributed by atoms with Crippen LogP contribution in [0.4, 0.5) is 11.4 Å². The summed E-state index contributed by atoms with van der Waals surface area (Å²) in [6.45, 7) is 1.93. The summed E-state index contributed by atoms with van der Waals surface area (Å²) in [7, 11) is 0. The highest BCUT2D eigenvalue weighted by Crippen LogP contribution is 2.34. The molecule has 0 amide bonds. The van der Waals surface area contributed by atoms with Crippen molar-refractivity contribution >= 4 is 32.9 Å². The summed E-state index contributed by atoms with van der Waals surface area (Å²) >= 11 is 1.50. The number of nitro benzene ring substituents is 1. The van der Waals surface area contributed by atoms with Gasteiger partial charge in [0, 0.05) is 12.1 Å². The van der Waals surface area contributed by atoms with Gasteiger partial charge in [0.1, 0.15) is 5.69 Å². The maximum Gasteiger partial charge on any atom is 0.293 e. The second kappa shape index (κ2) is 5.97. The van der Waals surface area contributed by atoms with Gasteiger partial charge in [-0.15, -0.1) is 11.3 Å². The molecule has 1 aromatic heterocycles. The molecule has 1 aliphatic rings. The monoisotopic (exact) mass is 305 g/mol. The van der Waals surface area contributed by atoms with Crippen LogP contribution in [0, 0.1) is 17.0 Å². The maximum atomic E-state index is 11.3. The molecule has 0 atom stereocenters. The summed E-state index contributed by atoms with van der Waals surface area (Å²) in [5, 5.41) is 15.7. The number of rotatable bonds is 3. The Kier molecular flexibility index (Phi) is 4.05. The van der Waals surface area contributed by atoms with Crippen LogP contribution < -0.4 is 5.32 Å². The second-order valence-corrected chi connectivity index (χ2v) is 6.89. The van der Waals surface area contributed by atoms with Crippen LogP contribution in [0.1, 0.15) is 43.5 Å². The van der Waals surface area contributed by atoms with Crippen LogP contribution in [-0.2, 0) is 0 Å². The Morgan fingerprint density at radius 1 is 1.29 bits per heavy atom. The first kappa shape index (κ1) is 14.3. The van der Waals surface area contributed by atoms with Crippen molar-refractivity contribution in [2.75, 3.05) is 5.32 Å². The first-order chi connectivity index (χ1) is 10.1. The molecule has 6 heteroatoms. The van der Waals surface area contributed by atoms with Crippen molar-refractivity contribution in [1.29, 1.82) is 0 Å². The lowest BCUT2D eigenvalue weighted by Crippen LogP contribution is -2.19. The van der Waals surface area contributed by atoms with E-state index in [0.717, 1.165) is 28.1 Å². The zero-order valence-electron chi connectivity index (χ0n) is 12.1. The van der Waals surface area contributed by atoms with Crippen LogP contribution in [0.3, 0.4) is 0 Å². The molecule has 0 unspecified atom stereocenters. The predicted octanol–water partition coefficient (Wildman–Crippen LogP) is 4.65. The smallest absolute Gasteiger partial charge is 0.293 e. The van der Waals surface area contributed by atoms with Crippen molar-refractivity contribution in [3.8, 4) is 0 Å². The standard InChI is InChI=1S/C15H19N3O2S/c1-10-16-13-8-12(14(18(19)20)9-15(13)21-10)17-11-6-4-2-3-5-7-11/h8-9,11,17H,2-7H2,1H3. The molecule has 21 heavy (non-hydrogen) atoms. The molecule has 5 nitrogen and oxygen atoms in total. The summed E-state index contributed by atoms with van der Waals surface area (Å²) in [4.78, 5) is 15.5. The van der Waals surface area contributed by atoms with Gasteiger partial charge in [0.05, 0.1) is 20.1 Å². The van der Waals surface area contributed by atoms with Crippen molar-refractivity contribution in [1.82, 2.24) is 4.98 Å². The Bertz CT molecular complexity index is 660. The van der Waals surface area contributed by atoms with E-state index in [-0.39, 0.29) is 10.6 Å². The minimum atomic E-state index is -0.298. The van der Waals surface area contributed by atoms with E-state index in [9.17, 15) is 10.1 Å². The number of nitrogens with zero attached hydrogens (tertiary/aromatic N) is 2. The van der Waals surface area contributed by atoms with E-state index in [1.165, 1.54) is 37.0 Å². The topological polar surface area (TPSA) is 68.1 Å².